The number of rotatable bonds is 5. The molecule has 2 aromatic heterocycles. The summed E-state index contributed by atoms with van der Waals surface area (Å²) in [5.74, 6) is 0.393. The molecule has 0 aliphatic carbocycles. The summed E-state index contributed by atoms with van der Waals surface area (Å²) in [5.41, 5.74) is 4.45. The normalized spacial score (nSPS) is 12.1. The summed E-state index contributed by atoms with van der Waals surface area (Å²) in [4.78, 5) is 31.0. The molecule has 0 aliphatic heterocycles. The first kappa shape index (κ1) is 22.8. The first-order valence-electron chi connectivity index (χ1n) is 11.5. The van der Waals surface area contributed by atoms with E-state index in [4.69, 9.17) is 0 Å². The summed E-state index contributed by atoms with van der Waals surface area (Å²) >= 11 is 0. The summed E-state index contributed by atoms with van der Waals surface area (Å²) < 4.78 is 4.66. The van der Waals surface area contributed by atoms with Gasteiger partial charge in [-0.05, 0) is 47.1 Å². The van der Waals surface area contributed by atoms with E-state index in [1.54, 1.807) is 10.9 Å². The SMILES string of the molecule is CCn1c(=O)c2c(ncn2Cc2ccc(C(C)(C)C)cc2)n(-c2ccc(C(C)C)cc2)c1=O. The molecule has 0 aliphatic rings. The highest BCUT2D eigenvalue weighted by atomic mass is 16.2. The van der Waals surface area contributed by atoms with Crippen molar-refractivity contribution in [2.75, 3.05) is 0 Å². The van der Waals surface area contributed by atoms with E-state index >= 15 is 0 Å². The maximum Gasteiger partial charge on any atom is 0.337 e. The molecule has 0 saturated carbocycles. The number of hydrogen-bond acceptors (Lipinski definition) is 3. The molecular weight excluding hydrogens is 412 g/mol. The number of benzene rings is 2. The van der Waals surface area contributed by atoms with Crippen LogP contribution in [0.25, 0.3) is 16.9 Å². The van der Waals surface area contributed by atoms with Crippen molar-refractivity contribution in [3.05, 3.63) is 92.4 Å². The van der Waals surface area contributed by atoms with Crippen LogP contribution in [0.5, 0.6) is 0 Å². The molecule has 0 N–H and O–H groups in total. The van der Waals surface area contributed by atoms with Gasteiger partial charge in [0.2, 0.25) is 0 Å². The predicted molar refractivity (Wildman–Crippen MR) is 134 cm³/mol. The lowest BCUT2D eigenvalue weighted by molar-refractivity contribution is 0.590. The van der Waals surface area contributed by atoms with Crippen LogP contribution in [-0.2, 0) is 18.5 Å². The smallest absolute Gasteiger partial charge is 0.320 e. The van der Waals surface area contributed by atoms with Crippen molar-refractivity contribution in [3.8, 4) is 5.69 Å². The van der Waals surface area contributed by atoms with Crippen molar-refractivity contribution in [1.29, 1.82) is 0 Å². The highest BCUT2D eigenvalue weighted by Crippen LogP contribution is 2.23. The third kappa shape index (κ3) is 4.17. The van der Waals surface area contributed by atoms with E-state index in [9.17, 15) is 9.59 Å². The van der Waals surface area contributed by atoms with Crippen LogP contribution in [0.15, 0.2) is 64.4 Å². The predicted octanol–water partition coefficient (Wildman–Crippen LogP) is 4.84. The Bertz CT molecular complexity index is 1400. The Morgan fingerprint density at radius 3 is 2.12 bits per heavy atom. The second kappa shape index (κ2) is 8.50. The number of imidazole rings is 1. The Labute approximate surface area is 194 Å². The van der Waals surface area contributed by atoms with Crippen molar-refractivity contribution >= 4 is 11.2 Å². The van der Waals surface area contributed by atoms with Gasteiger partial charge in [0.25, 0.3) is 5.56 Å². The molecule has 0 unspecified atom stereocenters. The Balaban J connectivity index is 1.85. The fraction of sp³-hybridized carbons (Fsp3) is 0.370. The molecule has 4 aromatic rings. The molecule has 0 saturated heterocycles. The first-order chi connectivity index (χ1) is 15.6. The minimum atomic E-state index is -0.368. The second-order valence-corrected chi connectivity index (χ2v) is 9.91. The van der Waals surface area contributed by atoms with Gasteiger partial charge in [0.1, 0.15) is 0 Å². The van der Waals surface area contributed by atoms with Crippen LogP contribution in [0.4, 0.5) is 0 Å². The molecule has 2 aromatic carbocycles. The highest BCUT2D eigenvalue weighted by Gasteiger charge is 2.19. The molecule has 0 bridgehead atoms. The Morgan fingerprint density at radius 1 is 0.939 bits per heavy atom. The van der Waals surface area contributed by atoms with Crippen LogP contribution in [0.2, 0.25) is 0 Å². The van der Waals surface area contributed by atoms with E-state index in [0.717, 1.165) is 5.56 Å². The molecule has 0 radical (unpaired) electrons. The average molecular weight is 445 g/mol. The average Bonchev–Trinajstić information content (AvgIpc) is 3.17. The maximum atomic E-state index is 13.3. The number of hydrogen-bond donors (Lipinski definition) is 0. The standard InChI is InChI=1S/C27H32N4O2/c1-7-30-25(32)23-24(31(26(30)33)22-14-10-20(11-15-22)18(2)3)28-17-29(23)16-19-8-12-21(13-9-19)27(4,5)6/h8-15,17-18H,7,16H2,1-6H3. The zero-order valence-electron chi connectivity index (χ0n) is 20.3. The molecule has 6 nitrogen and oxygen atoms in total. The topological polar surface area (TPSA) is 61.8 Å². The van der Waals surface area contributed by atoms with Crippen molar-refractivity contribution in [2.45, 2.75) is 66.0 Å². The van der Waals surface area contributed by atoms with Crippen LogP contribution in [0.1, 0.15) is 64.2 Å². The first-order valence-corrected chi connectivity index (χ1v) is 11.5. The van der Waals surface area contributed by atoms with Gasteiger partial charge in [-0.15, -0.1) is 0 Å². The van der Waals surface area contributed by atoms with E-state index < -0.39 is 0 Å². The minimum absolute atomic E-state index is 0.0796. The van der Waals surface area contributed by atoms with Crippen LogP contribution in [-0.4, -0.2) is 18.7 Å². The van der Waals surface area contributed by atoms with E-state index in [1.807, 2.05) is 35.8 Å². The monoisotopic (exact) mass is 444 g/mol. The van der Waals surface area contributed by atoms with Crippen molar-refractivity contribution in [3.63, 3.8) is 0 Å². The molecule has 0 amide bonds. The van der Waals surface area contributed by atoms with Crippen molar-refractivity contribution in [1.82, 2.24) is 18.7 Å². The van der Waals surface area contributed by atoms with Gasteiger partial charge in [0.05, 0.1) is 12.0 Å². The van der Waals surface area contributed by atoms with Gasteiger partial charge in [-0.1, -0.05) is 71.0 Å². The maximum absolute atomic E-state index is 13.3. The summed E-state index contributed by atoms with van der Waals surface area (Å²) in [6.07, 6.45) is 1.65. The quantitative estimate of drug-likeness (QED) is 0.443. The van der Waals surface area contributed by atoms with Gasteiger partial charge in [-0.25, -0.2) is 14.3 Å². The fourth-order valence-electron chi connectivity index (χ4n) is 4.13. The van der Waals surface area contributed by atoms with Gasteiger partial charge in [0, 0.05) is 13.1 Å². The molecule has 33 heavy (non-hydrogen) atoms. The third-order valence-electron chi connectivity index (χ3n) is 6.21. The number of fused-ring (bicyclic) bond motifs is 1. The molecule has 2 heterocycles. The minimum Gasteiger partial charge on any atom is -0.320 e. The van der Waals surface area contributed by atoms with Crippen LogP contribution >= 0.6 is 0 Å². The molecule has 0 fully saturated rings. The molecule has 4 rings (SSSR count). The van der Waals surface area contributed by atoms with E-state index in [-0.39, 0.29) is 16.7 Å². The molecular formula is C27H32N4O2. The number of nitrogens with zero attached hydrogens (tertiary/aromatic N) is 4. The van der Waals surface area contributed by atoms with E-state index in [2.05, 4.69) is 63.9 Å². The highest BCUT2D eigenvalue weighted by molar-refractivity contribution is 5.72. The lowest BCUT2D eigenvalue weighted by Crippen LogP contribution is -2.39. The Morgan fingerprint density at radius 2 is 1.58 bits per heavy atom. The summed E-state index contributed by atoms with van der Waals surface area (Å²) in [6, 6.07) is 16.3. The van der Waals surface area contributed by atoms with Gasteiger partial charge < -0.3 is 4.57 Å². The van der Waals surface area contributed by atoms with Crippen molar-refractivity contribution < 1.29 is 0 Å². The Kier molecular flexibility index (Phi) is 5.87. The van der Waals surface area contributed by atoms with E-state index in [0.29, 0.717) is 35.9 Å². The lowest BCUT2D eigenvalue weighted by atomic mass is 9.87. The van der Waals surface area contributed by atoms with Crippen LogP contribution in [0.3, 0.4) is 0 Å². The van der Waals surface area contributed by atoms with Crippen molar-refractivity contribution in [2.24, 2.45) is 0 Å². The van der Waals surface area contributed by atoms with Crippen LogP contribution in [0, 0.1) is 0 Å². The fourth-order valence-corrected chi connectivity index (χ4v) is 4.13. The summed E-state index contributed by atoms with van der Waals surface area (Å²) in [5, 5.41) is 0. The van der Waals surface area contributed by atoms with E-state index in [1.165, 1.54) is 15.7 Å². The molecule has 0 atom stereocenters. The van der Waals surface area contributed by atoms with Crippen LogP contribution < -0.4 is 11.2 Å². The van der Waals surface area contributed by atoms with Gasteiger partial charge in [-0.2, -0.15) is 0 Å². The molecule has 0 spiro atoms. The summed E-state index contributed by atoms with van der Waals surface area (Å²) in [7, 11) is 0. The number of aromatic nitrogens is 4. The van der Waals surface area contributed by atoms with Gasteiger partial charge >= 0.3 is 5.69 Å². The second-order valence-electron chi connectivity index (χ2n) is 9.91. The zero-order valence-corrected chi connectivity index (χ0v) is 20.3. The zero-order chi connectivity index (χ0) is 23.9. The van der Waals surface area contributed by atoms with Gasteiger partial charge in [-0.3, -0.25) is 9.36 Å². The Hall–Kier alpha value is -3.41. The van der Waals surface area contributed by atoms with Gasteiger partial charge in [0.15, 0.2) is 11.2 Å². The molecule has 172 valence electrons. The largest absolute Gasteiger partial charge is 0.337 e. The lowest BCUT2D eigenvalue weighted by Gasteiger charge is -2.19. The summed E-state index contributed by atoms with van der Waals surface area (Å²) in [6.45, 7) is 13.4. The molecule has 6 heteroatoms. The third-order valence-corrected chi connectivity index (χ3v) is 6.21.